The standard InChI is InChI=1S/C23H19N3O6/c27-9-17-20(28)21(29)23(32-17)26-15-4-3-12(13-5-7-30-10-13)8-14(15)18-19(16-2-1-6-31-16)24-11-25-22(18)26/h1-8,10-11,17,20-21,23,27-29H,9H2/t17-,20-,21-,23-/m1/s1. The molecule has 1 aliphatic heterocycles. The first kappa shape index (κ1) is 19.2. The van der Waals surface area contributed by atoms with E-state index in [1.807, 2.05) is 30.3 Å². The number of hydrogen-bond donors (Lipinski definition) is 3. The molecule has 5 heterocycles. The lowest BCUT2D eigenvalue weighted by atomic mass is 10.0. The maximum Gasteiger partial charge on any atom is 0.165 e. The van der Waals surface area contributed by atoms with E-state index in [0.717, 1.165) is 27.4 Å². The molecular formula is C23H19N3O6. The molecule has 0 bridgehead atoms. The molecule has 4 atom stereocenters. The molecule has 9 nitrogen and oxygen atoms in total. The summed E-state index contributed by atoms with van der Waals surface area (Å²) in [5.74, 6) is 0.575. The van der Waals surface area contributed by atoms with Gasteiger partial charge in [0, 0.05) is 10.9 Å². The highest BCUT2D eigenvalue weighted by Crippen LogP contribution is 2.41. The van der Waals surface area contributed by atoms with Gasteiger partial charge in [-0.3, -0.25) is 4.57 Å². The van der Waals surface area contributed by atoms with E-state index in [2.05, 4.69) is 9.97 Å². The van der Waals surface area contributed by atoms with Crippen molar-refractivity contribution in [3.05, 3.63) is 61.5 Å². The Morgan fingerprint density at radius 3 is 2.62 bits per heavy atom. The smallest absolute Gasteiger partial charge is 0.165 e. The Bertz CT molecular complexity index is 1390. The molecule has 1 aromatic carbocycles. The number of aliphatic hydroxyl groups excluding tert-OH is 3. The van der Waals surface area contributed by atoms with Gasteiger partial charge in [0.25, 0.3) is 0 Å². The minimum Gasteiger partial charge on any atom is -0.472 e. The third-order valence-corrected chi connectivity index (χ3v) is 5.96. The lowest BCUT2D eigenvalue weighted by Gasteiger charge is -2.18. The van der Waals surface area contributed by atoms with Crippen LogP contribution in [0.5, 0.6) is 0 Å². The number of nitrogens with zero attached hydrogens (tertiary/aromatic N) is 3. The van der Waals surface area contributed by atoms with E-state index in [0.29, 0.717) is 17.1 Å². The number of hydrogen-bond acceptors (Lipinski definition) is 8. The van der Waals surface area contributed by atoms with E-state index in [1.165, 1.54) is 6.33 Å². The Labute approximate surface area is 181 Å². The number of rotatable bonds is 4. The number of aromatic nitrogens is 3. The van der Waals surface area contributed by atoms with Crippen LogP contribution in [0.25, 0.3) is 44.5 Å². The highest BCUT2D eigenvalue weighted by Gasteiger charge is 2.44. The van der Waals surface area contributed by atoms with Crippen molar-refractivity contribution in [1.29, 1.82) is 0 Å². The Morgan fingerprint density at radius 2 is 1.91 bits per heavy atom. The zero-order valence-electron chi connectivity index (χ0n) is 16.7. The van der Waals surface area contributed by atoms with Gasteiger partial charge >= 0.3 is 0 Å². The predicted molar refractivity (Wildman–Crippen MR) is 113 cm³/mol. The molecule has 0 aliphatic carbocycles. The van der Waals surface area contributed by atoms with Crippen molar-refractivity contribution in [2.75, 3.05) is 6.61 Å². The van der Waals surface area contributed by atoms with E-state index < -0.39 is 31.1 Å². The maximum atomic E-state index is 10.7. The number of ether oxygens (including phenoxy) is 1. The van der Waals surface area contributed by atoms with Gasteiger partial charge in [0.05, 0.1) is 36.3 Å². The summed E-state index contributed by atoms with van der Waals surface area (Å²) in [4.78, 5) is 8.96. The zero-order chi connectivity index (χ0) is 21.8. The lowest BCUT2D eigenvalue weighted by Crippen LogP contribution is -2.33. The first-order valence-corrected chi connectivity index (χ1v) is 10.1. The first-order chi connectivity index (χ1) is 15.7. The van der Waals surface area contributed by atoms with E-state index in [-0.39, 0.29) is 0 Å². The molecule has 1 aliphatic rings. The lowest BCUT2D eigenvalue weighted by molar-refractivity contribution is -0.0489. The maximum absolute atomic E-state index is 10.7. The summed E-state index contributed by atoms with van der Waals surface area (Å²) in [6.45, 7) is -0.414. The van der Waals surface area contributed by atoms with Gasteiger partial charge < -0.3 is 28.9 Å². The Kier molecular flexibility index (Phi) is 4.37. The largest absolute Gasteiger partial charge is 0.472 e. The van der Waals surface area contributed by atoms with Crippen LogP contribution in [0.3, 0.4) is 0 Å². The van der Waals surface area contributed by atoms with Gasteiger partial charge in [0.1, 0.15) is 36.0 Å². The van der Waals surface area contributed by atoms with Crippen LogP contribution in [0.1, 0.15) is 6.23 Å². The van der Waals surface area contributed by atoms with Gasteiger partial charge in [-0.1, -0.05) is 6.07 Å². The second-order valence-electron chi connectivity index (χ2n) is 7.74. The fraction of sp³-hybridized carbons (Fsp3) is 0.217. The van der Waals surface area contributed by atoms with Crippen molar-refractivity contribution in [1.82, 2.24) is 14.5 Å². The fourth-order valence-corrected chi connectivity index (χ4v) is 4.43. The highest BCUT2D eigenvalue weighted by atomic mass is 16.6. The van der Waals surface area contributed by atoms with E-state index in [4.69, 9.17) is 13.6 Å². The molecule has 0 unspecified atom stereocenters. The summed E-state index contributed by atoms with van der Waals surface area (Å²) >= 11 is 0. The van der Waals surface area contributed by atoms with Gasteiger partial charge in [0.15, 0.2) is 12.0 Å². The number of aliphatic hydroxyl groups is 3. The minimum atomic E-state index is -1.25. The Morgan fingerprint density at radius 1 is 1.00 bits per heavy atom. The molecule has 6 rings (SSSR count). The molecule has 4 aromatic heterocycles. The number of benzene rings is 1. The third-order valence-electron chi connectivity index (χ3n) is 5.96. The van der Waals surface area contributed by atoms with Crippen LogP contribution >= 0.6 is 0 Å². The van der Waals surface area contributed by atoms with Crippen molar-refractivity contribution in [3.8, 4) is 22.6 Å². The van der Waals surface area contributed by atoms with E-state index >= 15 is 0 Å². The van der Waals surface area contributed by atoms with Crippen molar-refractivity contribution in [3.63, 3.8) is 0 Å². The molecule has 0 amide bonds. The molecule has 0 spiro atoms. The zero-order valence-corrected chi connectivity index (χ0v) is 16.7. The third kappa shape index (κ3) is 2.73. The van der Waals surface area contributed by atoms with Crippen LogP contribution in [-0.2, 0) is 4.74 Å². The topological polar surface area (TPSA) is 127 Å². The molecule has 0 radical (unpaired) electrons. The van der Waals surface area contributed by atoms with Crippen LogP contribution in [0.2, 0.25) is 0 Å². The van der Waals surface area contributed by atoms with Crippen molar-refractivity contribution < 1.29 is 28.9 Å². The quantitative estimate of drug-likeness (QED) is 0.395. The molecule has 1 saturated heterocycles. The molecule has 3 N–H and O–H groups in total. The van der Waals surface area contributed by atoms with Crippen molar-refractivity contribution in [2.24, 2.45) is 0 Å². The summed E-state index contributed by atoms with van der Waals surface area (Å²) in [5.41, 5.74) is 3.69. The molecule has 5 aromatic rings. The Hall–Kier alpha value is -3.50. The van der Waals surface area contributed by atoms with Gasteiger partial charge in [-0.2, -0.15) is 0 Å². The number of fused-ring (bicyclic) bond motifs is 3. The predicted octanol–water partition coefficient (Wildman–Crippen LogP) is 2.72. The summed E-state index contributed by atoms with van der Waals surface area (Å²) < 4.78 is 18.4. The molecule has 32 heavy (non-hydrogen) atoms. The Balaban J connectivity index is 1.67. The van der Waals surface area contributed by atoms with Crippen LogP contribution in [0, 0.1) is 0 Å². The monoisotopic (exact) mass is 433 g/mol. The van der Waals surface area contributed by atoms with Crippen molar-refractivity contribution in [2.45, 2.75) is 24.5 Å². The van der Waals surface area contributed by atoms with Crippen molar-refractivity contribution >= 4 is 21.9 Å². The fourth-order valence-electron chi connectivity index (χ4n) is 4.43. The average molecular weight is 433 g/mol. The summed E-state index contributed by atoms with van der Waals surface area (Å²) in [7, 11) is 0. The average Bonchev–Trinajstić information content (AvgIpc) is 3.61. The van der Waals surface area contributed by atoms with Crippen LogP contribution in [-0.4, -0.2) is 54.8 Å². The van der Waals surface area contributed by atoms with E-state index in [9.17, 15) is 15.3 Å². The summed E-state index contributed by atoms with van der Waals surface area (Å²) in [5, 5.41) is 32.2. The first-order valence-electron chi connectivity index (χ1n) is 10.1. The normalized spacial score (nSPS) is 23.5. The summed E-state index contributed by atoms with van der Waals surface area (Å²) in [6, 6.07) is 11.3. The van der Waals surface area contributed by atoms with E-state index in [1.54, 1.807) is 29.4 Å². The molecule has 162 valence electrons. The van der Waals surface area contributed by atoms with Gasteiger partial charge in [-0.15, -0.1) is 0 Å². The SMILES string of the molecule is OC[C@H]1O[C@@H](n2c3ccc(-c4ccoc4)cc3c3c(-c4ccco4)ncnc32)[C@H](O)[C@@H]1O. The van der Waals surface area contributed by atoms with Gasteiger partial charge in [0.2, 0.25) is 0 Å². The van der Waals surface area contributed by atoms with Crippen LogP contribution < -0.4 is 0 Å². The van der Waals surface area contributed by atoms with Gasteiger partial charge in [-0.25, -0.2) is 9.97 Å². The van der Waals surface area contributed by atoms with Gasteiger partial charge in [-0.05, 0) is 35.9 Å². The second-order valence-corrected chi connectivity index (χ2v) is 7.74. The van der Waals surface area contributed by atoms with Crippen LogP contribution in [0.4, 0.5) is 0 Å². The highest BCUT2D eigenvalue weighted by molar-refractivity contribution is 6.13. The summed E-state index contributed by atoms with van der Waals surface area (Å²) in [6.07, 6.45) is 1.95. The second kappa shape index (κ2) is 7.28. The number of furan rings is 2. The minimum absolute atomic E-state index is 0.414. The molecule has 9 heteroatoms. The molecule has 0 saturated carbocycles. The molecule has 1 fully saturated rings. The van der Waals surface area contributed by atoms with Crippen LogP contribution in [0.15, 0.2) is 70.3 Å². The molecular weight excluding hydrogens is 414 g/mol.